The topological polar surface area (TPSA) is 54.2 Å². The highest BCUT2D eigenvalue weighted by Crippen LogP contribution is 2.54. The maximum atomic E-state index is 13.7. The number of halogens is 1. The van der Waals surface area contributed by atoms with Crippen LogP contribution in [0.3, 0.4) is 0 Å². The van der Waals surface area contributed by atoms with E-state index in [-0.39, 0.29) is 16.9 Å². The van der Waals surface area contributed by atoms with Gasteiger partial charge in [0, 0.05) is 10.2 Å². The van der Waals surface area contributed by atoms with Gasteiger partial charge in [-0.2, -0.15) is 4.31 Å². The molecule has 1 saturated heterocycles. The lowest BCUT2D eigenvalue weighted by molar-refractivity contribution is 0.517. The molecule has 156 valence electrons. The number of alkyl halides is 1. The number of hydrogen-bond donors (Lipinski definition) is 0. The molecule has 1 heterocycles. The average Bonchev–Trinajstić information content (AvgIpc) is 3.38. The quantitative estimate of drug-likeness (QED) is 0.315. The van der Waals surface area contributed by atoms with E-state index in [1.165, 1.54) is 4.31 Å². The normalized spacial score (nSPS) is 25.4. The molecule has 0 amide bonds. The Balaban J connectivity index is 2.13. The first kappa shape index (κ1) is 22.4. The number of sulfonamides is 1. The minimum absolute atomic E-state index is 0.00426. The van der Waals surface area contributed by atoms with Crippen LogP contribution in [-0.4, -0.2) is 33.2 Å². The predicted molar refractivity (Wildman–Crippen MR) is 122 cm³/mol. The zero-order valence-electron chi connectivity index (χ0n) is 17.0. The van der Waals surface area contributed by atoms with E-state index in [0.717, 1.165) is 11.1 Å². The highest BCUT2D eigenvalue weighted by molar-refractivity contribution is 9.09. The molecule has 0 saturated carbocycles. The summed E-state index contributed by atoms with van der Waals surface area (Å²) in [7, 11) is -5.36. The van der Waals surface area contributed by atoms with Crippen molar-refractivity contribution in [1.29, 1.82) is 0 Å². The summed E-state index contributed by atoms with van der Waals surface area (Å²) in [5, 5.41) is 0.559. The second-order valence-electron chi connectivity index (χ2n) is 7.69. The molecule has 3 rings (SSSR count). The molecule has 1 aliphatic heterocycles. The summed E-state index contributed by atoms with van der Waals surface area (Å²) in [5.74, 6) is 0.00426. The van der Waals surface area contributed by atoms with E-state index in [9.17, 15) is 12.6 Å². The van der Waals surface area contributed by atoms with Crippen molar-refractivity contribution in [2.75, 3.05) is 5.33 Å². The van der Waals surface area contributed by atoms with Gasteiger partial charge < -0.3 is 0 Å². The monoisotopic (exact) mass is 495 g/mol. The standard InChI is InChI=1S/C22H26BrNO3S2/c1-16(2)21-22(14-5-15-23,28(25)19-10-6-17(3)7-11-19)24(21)29(26,27)20-12-8-18(4)9-13-20/h5-14,16,21H,15H2,1-4H3/b14-5+/t21-,22+,24?,28-/m0/s1. The summed E-state index contributed by atoms with van der Waals surface area (Å²) in [6.45, 7) is 7.83. The first-order valence-electron chi connectivity index (χ1n) is 9.49. The molecule has 4 atom stereocenters. The zero-order chi connectivity index (χ0) is 21.4. The van der Waals surface area contributed by atoms with Crippen molar-refractivity contribution in [2.24, 2.45) is 5.92 Å². The Kier molecular flexibility index (Phi) is 6.53. The van der Waals surface area contributed by atoms with Crippen molar-refractivity contribution < 1.29 is 12.6 Å². The molecule has 0 N–H and O–H groups in total. The average molecular weight is 496 g/mol. The number of rotatable bonds is 7. The highest BCUT2D eigenvalue weighted by atomic mass is 79.9. The van der Waals surface area contributed by atoms with Crippen LogP contribution in [-0.2, 0) is 20.8 Å². The third-order valence-electron chi connectivity index (χ3n) is 5.14. The van der Waals surface area contributed by atoms with Gasteiger partial charge >= 0.3 is 0 Å². The predicted octanol–water partition coefficient (Wildman–Crippen LogP) is 4.79. The van der Waals surface area contributed by atoms with E-state index in [4.69, 9.17) is 0 Å². The molecule has 2 aromatic carbocycles. The van der Waals surface area contributed by atoms with Crippen LogP contribution < -0.4 is 0 Å². The number of aryl methyl sites for hydroxylation is 2. The maximum Gasteiger partial charge on any atom is 0.245 e. The minimum atomic E-state index is -3.80. The fraction of sp³-hybridized carbons (Fsp3) is 0.364. The molecule has 1 unspecified atom stereocenters. The second kappa shape index (κ2) is 8.46. The molecule has 1 aliphatic rings. The lowest BCUT2D eigenvalue weighted by Crippen LogP contribution is -2.27. The summed E-state index contributed by atoms with van der Waals surface area (Å²) < 4.78 is 42.2. The summed E-state index contributed by atoms with van der Waals surface area (Å²) in [6.07, 6.45) is 3.64. The van der Waals surface area contributed by atoms with Crippen LogP contribution in [0.5, 0.6) is 0 Å². The van der Waals surface area contributed by atoms with Crippen molar-refractivity contribution in [3.05, 3.63) is 71.8 Å². The van der Waals surface area contributed by atoms with Crippen LogP contribution in [0.15, 0.2) is 70.5 Å². The molecule has 1 fully saturated rings. The van der Waals surface area contributed by atoms with Crippen molar-refractivity contribution in [3.8, 4) is 0 Å². The van der Waals surface area contributed by atoms with Gasteiger partial charge in [0.25, 0.3) is 0 Å². The Bertz CT molecular complexity index is 1030. The molecule has 0 spiro atoms. The van der Waals surface area contributed by atoms with E-state index in [2.05, 4.69) is 15.9 Å². The van der Waals surface area contributed by atoms with Gasteiger partial charge in [0.05, 0.1) is 21.7 Å². The Morgan fingerprint density at radius 3 is 2.07 bits per heavy atom. The van der Waals surface area contributed by atoms with Crippen LogP contribution in [0, 0.1) is 19.8 Å². The number of hydrogen-bond acceptors (Lipinski definition) is 3. The summed E-state index contributed by atoms with van der Waals surface area (Å²) >= 11 is 3.37. The van der Waals surface area contributed by atoms with E-state index in [0.29, 0.717) is 10.2 Å². The largest absolute Gasteiger partial charge is 0.252 e. The Morgan fingerprint density at radius 2 is 1.59 bits per heavy atom. The molecule has 2 aromatic rings. The zero-order valence-corrected chi connectivity index (χ0v) is 20.2. The summed E-state index contributed by atoms with van der Waals surface area (Å²) in [4.78, 5) is -0.244. The lowest BCUT2D eigenvalue weighted by Gasteiger charge is -2.15. The van der Waals surface area contributed by atoms with Crippen LogP contribution in [0.4, 0.5) is 0 Å². The first-order chi connectivity index (χ1) is 13.7. The van der Waals surface area contributed by atoms with Gasteiger partial charge in [0.15, 0.2) is 4.87 Å². The van der Waals surface area contributed by atoms with Crippen LogP contribution in [0.2, 0.25) is 0 Å². The van der Waals surface area contributed by atoms with Crippen molar-refractivity contribution >= 4 is 36.8 Å². The van der Waals surface area contributed by atoms with Crippen LogP contribution in [0.25, 0.3) is 0 Å². The molecule has 29 heavy (non-hydrogen) atoms. The van der Waals surface area contributed by atoms with E-state index in [1.54, 1.807) is 30.3 Å². The third kappa shape index (κ3) is 4.02. The van der Waals surface area contributed by atoms with Crippen LogP contribution >= 0.6 is 15.9 Å². The maximum absolute atomic E-state index is 13.7. The Hall–Kier alpha value is -1.28. The fourth-order valence-corrected chi connectivity index (χ4v) is 8.15. The van der Waals surface area contributed by atoms with Gasteiger partial charge in [-0.1, -0.05) is 77.3 Å². The molecular weight excluding hydrogens is 470 g/mol. The summed E-state index contributed by atoms with van der Waals surface area (Å²) in [5.41, 5.74) is 2.06. The van der Waals surface area contributed by atoms with Gasteiger partial charge in [-0.3, -0.25) is 4.21 Å². The van der Waals surface area contributed by atoms with E-state index < -0.39 is 25.7 Å². The molecule has 0 radical (unpaired) electrons. The van der Waals surface area contributed by atoms with Crippen molar-refractivity contribution in [2.45, 2.75) is 48.4 Å². The molecule has 4 nitrogen and oxygen atoms in total. The van der Waals surface area contributed by atoms with E-state index >= 15 is 0 Å². The first-order valence-corrected chi connectivity index (χ1v) is 13.2. The smallest absolute Gasteiger partial charge is 0.245 e. The minimum Gasteiger partial charge on any atom is -0.252 e. The summed E-state index contributed by atoms with van der Waals surface area (Å²) in [6, 6.07) is 13.9. The van der Waals surface area contributed by atoms with Gasteiger partial charge in [-0.15, -0.1) is 0 Å². The molecule has 7 heteroatoms. The number of benzene rings is 2. The number of nitrogens with zero attached hydrogens (tertiary/aromatic N) is 1. The fourth-order valence-electron chi connectivity index (χ4n) is 3.68. The third-order valence-corrected chi connectivity index (χ3v) is 9.41. The SMILES string of the molecule is Cc1ccc([S@](=O)[C@]2(/C=C/CBr)[C@H](C(C)C)N2S(=O)(=O)c2ccc(C)cc2)cc1. The molecular formula is C22H26BrNO3S2. The van der Waals surface area contributed by atoms with Gasteiger partial charge in [-0.05, 0) is 44.0 Å². The van der Waals surface area contributed by atoms with Gasteiger partial charge in [-0.25, -0.2) is 8.42 Å². The Labute approximate surface area is 184 Å². The highest BCUT2D eigenvalue weighted by Gasteiger charge is 2.72. The Morgan fingerprint density at radius 1 is 1.07 bits per heavy atom. The van der Waals surface area contributed by atoms with Gasteiger partial charge in [0.2, 0.25) is 10.0 Å². The molecule has 0 aromatic heterocycles. The lowest BCUT2D eigenvalue weighted by atomic mass is 10.1. The molecule has 0 aliphatic carbocycles. The van der Waals surface area contributed by atoms with E-state index in [1.807, 2.05) is 58.0 Å². The second-order valence-corrected chi connectivity index (χ2v) is 11.8. The van der Waals surface area contributed by atoms with Crippen LogP contribution in [0.1, 0.15) is 25.0 Å². The van der Waals surface area contributed by atoms with Crippen molar-refractivity contribution in [1.82, 2.24) is 4.31 Å². The van der Waals surface area contributed by atoms with Gasteiger partial charge in [0.1, 0.15) is 0 Å². The number of allylic oxidation sites excluding steroid dienone is 1. The van der Waals surface area contributed by atoms with Crippen molar-refractivity contribution in [3.63, 3.8) is 0 Å². The molecule has 0 bridgehead atoms.